The quantitative estimate of drug-likeness (QED) is 0.273. The summed E-state index contributed by atoms with van der Waals surface area (Å²) in [6.45, 7) is 2.57. The molecule has 2 heterocycles. The predicted octanol–water partition coefficient (Wildman–Crippen LogP) is 5.00. The second-order valence-corrected chi connectivity index (χ2v) is 7.88. The number of aliphatic hydroxyl groups excluding tert-OH is 1. The van der Waals surface area contributed by atoms with Crippen LogP contribution in [-0.4, -0.2) is 10.1 Å². The first-order valence-electron chi connectivity index (χ1n) is 8.04. The van der Waals surface area contributed by atoms with E-state index in [1.165, 1.54) is 11.3 Å². The topological polar surface area (TPSA) is 36.1 Å². The number of thiocarbonyl (C=S) groups is 1. The Bertz CT molecular complexity index is 951. The lowest BCUT2D eigenvalue weighted by Crippen LogP contribution is -2.41. The van der Waals surface area contributed by atoms with E-state index in [0.717, 1.165) is 11.1 Å². The van der Waals surface area contributed by atoms with Crippen LogP contribution in [0, 0.1) is 6.92 Å². The number of aromatic nitrogens is 1. The number of halogens is 1. The minimum absolute atomic E-state index is 0.100. The van der Waals surface area contributed by atoms with Crippen molar-refractivity contribution in [2.45, 2.75) is 13.5 Å². The van der Waals surface area contributed by atoms with E-state index >= 15 is 0 Å². The molecule has 26 heavy (non-hydrogen) atoms. The minimum atomic E-state index is 0.100. The first kappa shape index (κ1) is 18.6. The van der Waals surface area contributed by atoms with E-state index in [2.05, 4.69) is 5.32 Å². The Morgan fingerprint density at radius 1 is 1.15 bits per heavy atom. The third-order valence-corrected chi connectivity index (χ3v) is 5.32. The van der Waals surface area contributed by atoms with Gasteiger partial charge in [0.05, 0.1) is 9.21 Å². The summed E-state index contributed by atoms with van der Waals surface area (Å²) >= 11 is 12.9. The van der Waals surface area contributed by atoms with Crippen molar-refractivity contribution in [2.75, 3.05) is 0 Å². The highest BCUT2D eigenvalue weighted by Gasteiger charge is 2.24. The van der Waals surface area contributed by atoms with Crippen LogP contribution in [0.5, 0.6) is 0 Å². The number of aryl methyl sites for hydroxylation is 1. The monoisotopic (exact) mass is 401 g/mol. The number of hydrogen-bond donors (Lipinski definition) is 2. The van der Waals surface area contributed by atoms with Gasteiger partial charge in [0.2, 0.25) is 5.76 Å². The number of benzene rings is 1. The number of rotatable bonds is 5. The predicted molar refractivity (Wildman–Crippen MR) is 112 cm³/mol. The lowest BCUT2D eigenvalue weighted by molar-refractivity contribution is -0.576. The number of hydrogen-bond acceptors (Lipinski definition) is 3. The maximum absolute atomic E-state index is 10.9. The molecular weight excluding hydrogens is 384 g/mol. The van der Waals surface area contributed by atoms with Crippen LogP contribution in [0.15, 0.2) is 67.0 Å². The van der Waals surface area contributed by atoms with Gasteiger partial charge in [0.15, 0.2) is 17.4 Å². The molecule has 0 aliphatic rings. The van der Waals surface area contributed by atoms with Gasteiger partial charge in [-0.2, -0.15) is 4.57 Å². The van der Waals surface area contributed by atoms with Gasteiger partial charge in [-0.25, -0.2) is 0 Å². The van der Waals surface area contributed by atoms with Gasteiger partial charge in [-0.15, -0.1) is 11.3 Å². The highest BCUT2D eigenvalue weighted by molar-refractivity contribution is 7.81. The molecule has 3 nitrogen and oxygen atoms in total. The van der Waals surface area contributed by atoms with Gasteiger partial charge in [0.25, 0.3) is 5.70 Å². The lowest BCUT2D eigenvalue weighted by Gasteiger charge is -2.10. The van der Waals surface area contributed by atoms with E-state index in [4.69, 9.17) is 23.8 Å². The highest BCUT2D eigenvalue weighted by atomic mass is 35.5. The van der Waals surface area contributed by atoms with Gasteiger partial charge < -0.3 is 10.4 Å². The van der Waals surface area contributed by atoms with Gasteiger partial charge in [0.1, 0.15) is 0 Å². The molecule has 6 heteroatoms. The van der Waals surface area contributed by atoms with Gasteiger partial charge >= 0.3 is 0 Å². The summed E-state index contributed by atoms with van der Waals surface area (Å²) in [7, 11) is 0. The van der Waals surface area contributed by atoms with Crippen molar-refractivity contribution in [1.82, 2.24) is 5.32 Å². The van der Waals surface area contributed by atoms with Crippen LogP contribution in [0.1, 0.15) is 16.0 Å². The molecule has 0 aliphatic carbocycles. The molecule has 0 radical (unpaired) electrons. The third kappa shape index (κ3) is 4.49. The van der Waals surface area contributed by atoms with E-state index < -0.39 is 0 Å². The zero-order chi connectivity index (χ0) is 18.5. The lowest BCUT2D eigenvalue weighted by atomic mass is 10.2. The first-order valence-corrected chi connectivity index (χ1v) is 9.64. The Balaban J connectivity index is 1.96. The second-order valence-electron chi connectivity index (χ2n) is 5.76. The SMILES string of the molecule is Cc1ccc[n+](/C(C(=S)NCc2ccccc2)=C(/O)c2ccc(Cl)s2)c1. The van der Waals surface area contributed by atoms with Crippen LogP contribution in [0.2, 0.25) is 4.34 Å². The summed E-state index contributed by atoms with van der Waals surface area (Å²) in [5, 5.41) is 14.1. The molecule has 0 fully saturated rings. The molecule has 1 aromatic carbocycles. The second kappa shape index (κ2) is 8.45. The molecule has 132 valence electrons. The fourth-order valence-corrected chi connectivity index (χ4v) is 3.76. The van der Waals surface area contributed by atoms with Crippen molar-refractivity contribution in [2.24, 2.45) is 0 Å². The number of nitrogens with one attached hydrogen (secondary N) is 1. The van der Waals surface area contributed by atoms with Gasteiger partial charge in [-0.05, 0) is 30.7 Å². The van der Waals surface area contributed by atoms with Crippen LogP contribution in [0.25, 0.3) is 11.5 Å². The summed E-state index contributed by atoms with van der Waals surface area (Å²) in [4.78, 5) is 1.13. The Morgan fingerprint density at radius 3 is 2.58 bits per heavy atom. The van der Waals surface area contributed by atoms with E-state index in [1.54, 1.807) is 12.1 Å². The molecule has 0 unspecified atom stereocenters. The molecule has 2 N–H and O–H groups in total. The van der Waals surface area contributed by atoms with Crippen LogP contribution in [-0.2, 0) is 6.54 Å². The van der Waals surface area contributed by atoms with E-state index in [1.807, 2.05) is 66.3 Å². The molecule has 0 saturated heterocycles. The molecule has 0 saturated carbocycles. The molecule has 0 atom stereocenters. The fraction of sp³-hybridized carbons (Fsp3) is 0.100. The summed E-state index contributed by atoms with van der Waals surface area (Å²) in [5.41, 5.74) is 2.70. The Morgan fingerprint density at radius 2 is 1.92 bits per heavy atom. The zero-order valence-corrected chi connectivity index (χ0v) is 16.5. The Labute approximate surface area is 167 Å². The van der Waals surface area contributed by atoms with Gasteiger partial charge in [-0.3, -0.25) is 0 Å². The average molecular weight is 402 g/mol. The Hall–Kier alpha value is -2.21. The van der Waals surface area contributed by atoms with Crippen molar-refractivity contribution in [3.8, 4) is 0 Å². The van der Waals surface area contributed by atoms with Crippen molar-refractivity contribution in [3.63, 3.8) is 0 Å². The first-order chi connectivity index (χ1) is 12.5. The van der Waals surface area contributed by atoms with Crippen LogP contribution in [0.4, 0.5) is 0 Å². The van der Waals surface area contributed by atoms with Crippen molar-refractivity contribution >= 4 is 51.6 Å². The number of nitrogens with zero attached hydrogens (tertiary/aromatic N) is 1. The fourth-order valence-electron chi connectivity index (χ4n) is 2.50. The van der Waals surface area contributed by atoms with Crippen LogP contribution < -0.4 is 9.88 Å². The van der Waals surface area contributed by atoms with Crippen molar-refractivity contribution in [1.29, 1.82) is 0 Å². The highest BCUT2D eigenvalue weighted by Crippen LogP contribution is 2.28. The molecule has 0 amide bonds. The van der Waals surface area contributed by atoms with Crippen LogP contribution >= 0.6 is 35.2 Å². The van der Waals surface area contributed by atoms with E-state index in [-0.39, 0.29) is 5.76 Å². The summed E-state index contributed by atoms with van der Waals surface area (Å²) in [5.74, 6) is 0.100. The normalized spacial score (nSPS) is 11.8. The van der Waals surface area contributed by atoms with Crippen molar-refractivity contribution < 1.29 is 9.67 Å². The molecule has 0 spiro atoms. The summed E-state index contributed by atoms with van der Waals surface area (Å²) < 4.78 is 2.45. The molecule has 3 rings (SSSR count). The largest absolute Gasteiger partial charge is 0.501 e. The van der Waals surface area contributed by atoms with E-state index in [9.17, 15) is 5.11 Å². The maximum Gasteiger partial charge on any atom is 0.288 e. The average Bonchev–Trinajstić information content (AvgIpc) is 3.07. The number of aliphatic hydroxyl groups is 1. The molecule has 2 aromatic heterocycles. The number of thiophene rings is 1. The van der Waals surface area contributed by atoms with E-state index in [0.29, 0.717) is 26.4 Å². The van der Waals surface area contributed by atoms with Crippen LogP contribution in [0.3, 0.4) is 0 Å². The zero-order valence-electron chi connectivity index (χ0n) is 14.1. The maximum atomic E-state index is 10.9. The Kier molecular flexibility index (Phi) is 6.04. The smallest absolute Gasteiger partial charge is 0.288 e. The molecular formula is C20H18ClN2OS2+. The molecule has 0 aliphatic heterocycles. The minimum Gasteiger partial charge on any atom is -0.501 e. The molecule has 0 bridgehead atoms. The molecule has 3 aromatic rings. The standard InChI is InChI=1S/C20H17ClN2OS2/c1-14-6-5-11-23(13-14)18(19(24)16-9-10-17(21)26-16)20(25)22-12-15-7-3-2-4-8-15/h2-11,13H,12H2,1H3,(H-,22,24,25)/p+1. The summed E-state index contributed by atoms with van der Waals surface area (Å²) in [6, 6.07) is 17.5. The number of pyridine rings is 1. The summed E-state index contributed by atoms with van der Waals surface area (Å²) in [6.07, 6.45) is 3.79. The van der Waals surface area contributed by atoms with Gasteiger partial charge in [-0.1, -0.05) is 54.2 Å². The van der Waals surface area contributed by atoms with Crippen molar-refractivity contribution in [3.05, 3.63) is 87.3 Å². The third-order valence-electron chi connectivity index (χ3n) is 3.75. The van der Waals surface area contributed by atoms with Gasteiger partial charge in [0, 0.05) is 18.2 Å².